The number of aromatic nitrogens is 3. The van der Waals surface area contributed by atoms with Crippen molar-refractivity contribution in [3.63, 3.8) is 0 Å². The highest BCUT2D eigenvalue weighted by molar-refractivity contribution is 6.00. The van der Waals surface area contributed by atoms with Crippen LogP contribution < -0.4 is 20.7 Å². The predicted molar refractivity (Wildman–Crippen MR) is 99.2 cm³/mol. The molecule has 146 valence electrons. The minimum Gasteiger partial charge on any atom is -0.492 e. The highest BCUT2D eigenvalue weighted by Crippen LogP contribution is 2.32. The zero-order chi connectivity index (χ0) is 19.8. The van der Waals surface area contributed by atoms with Crippen LogP contribution in [-0.2, 0) is 0 Å². The van der Waals surface area contributed by atoms with Gasteiger partial charge < -0.3 is 20.7 Å². The molecule has 0 aliphatic heterocycles. The summed E-state index contributed by atoms with van der Waals surface area (Å²) in [5.41, 5.74) is 0.690. The fourth-order valence-corrected chi connectivity index (χ4v) is 2.85. The molecule has 1 amide bonds. The third-order valence-electron chi connectivity index (χ3n) is 4.36. The highest BCUT2D eigenvalue weighted by Gasteiger charge is 2.26. The van der Waals surface area contributed by atoms with Gasteiger partial charge >= 0.3 is 0 Å². The lowest BCUT2D eigenvalue weighted by Crippen LogP contribution is -2.25. The van der Waals surface area contributed by atoms with E-state index in [0.717, 1.165) is 25.0 Å². The summed E-state index contributed by atoms with van der Waals surface area (Å²) >= 11 is 0. The van der Waals surface area contributed by atoms with Gasteiger partial charge in [-0.05, 0) is 12.8 Å². The van der Waals surface area contributed by atoms with E-state index in [2.05, 4.69) is 26.0 Å². The summed E-state index contributed by atoms with van der Waals surface area (Å²) in [6, 6.07) is 3.62. The molecule has 1 aromatic carbocycles. The summed E-state index contributed by atoms with van der Waals surface area (Å²) < 4.78 is 34.1. The average molecular weight is 388 g/mol. The summed E-state index contributed by atoms with van der Waals surface area (Å²) in [6.45, 7) is 0. The van der Waals surface area contributed by atoms with Crippen molar-refractivity contribution in [2.45, 2.75) is 18.9 Å². The molecule has 2 aromatic heterocycles. The van der Waals surface area contributed by atoms with Crippen LogP contribution in [0.3, 0.4) is 0 Å². The SMILES string of the molecule is CNc1cc(Nc2cc(F)cc(F)c2OC)nc2c(C(=O)NC3CC3)cnn12. The quantitative estimate of drug-likeness (QED) is 0.601. The van der Waals surface area contributed by atoms with Crippen molar-refractivity contribution < 1.29 is 18.3 Å². The van der Waals surface area contributed by atoms with Gasteiger partial charge in [-0.3, -0.25) is 4.79 Å². The molecule has 4 rings (SSSR count). The van der Waals surface area contributed by atoms with Crippen molar-refractivity contribution >= 4 is 28.9 Å². The zero-order valence-corrected chi connectivity index (χ0v) is 15.2. The Morgan fingerprint density at radius 3 is 2.75 bits per heavy atom. The largest absolute Gasteiger partial charge is 0.492 e. The summed E-state index contributed by atoms with van der Waals surface area (Å²) in [6.07, 6.45) is 3.35. The Morgan fingerprint density at radius 2 is 2.07 bits per heavy atom. The van der Waals surface area contributed by atoms with Gasteiger partial charge in [0.05, 0.1) is 19.0 Å². The molecule has 3 N–H and O–H groups in total. The third-order valence-corrected chi connectivity index (χ3v) is 4.36. The van der Waals surface area contributed by atoms with E-state index in [-0.39, 0.29) is 29.2 Å². The normalized spacial score (nSPS) is 13.4. The molecular weight excluding hydrogens is 370 g/mol. The molecule has 0 unspecified atom stereocenters. The lowest BCUT2D eigenvalue weighted by atomic mass is 10.2. The minimum absolute atomic E-state index is 0.0717. The van der Waals surface area contributed by atoms with E-state index < -0.39 is 11.6 Å². The molecule has 3 aromatic rings. The maximum atomic E-state index is 14.0. The molecule has 1 aliphatic carbocycles. The van der Waals surface area contributed by atoms with Crippen LogP contribution in [0.2, 0.25) is 0 Å². The molecule has 8 nitrogen and oxygen atoms in total. The van der Waals surface area contributed by atoms with E-state index in [9.17, 15) is 13.6 Å². The Balaban J connectivity index is 1.76. The number of nitrogens with zero attached hydrogens (tertiary/aromatic N) is 3. The molecule has 1 saturated carbocycles. The number of amides is 1. The van der Waals surface area contributed by atoms with Gasteiger partial charge in [-0.2, -0.15) is 9.61 Å². The van der Waals surface area contributed by atoms with Crippen LogP contribution in [0.4, 0.5) is 26.1 Å². The number of methoxy groups -OCH3 is 1. The van der Waals surface area contributed by atoms with Gasteiger partial charge in [0, 0.05) is 31.3 Å². The van der Waals surface area contributed by atoms with E-state index in [1.165, 1.54) is 17.8 Å². The van der Waals surface area contributed by atoms with Gasteiger partial charge in [-0.25, -0.2) is 13.8 Å². The molecule has 1 fully saturated rings. The average Bonchev–Trinajstić information content (AvgIpc) is 3.36. The van der Waals surface area contributed by atoms with E-state index in [0.29, 0.717) is 17.0 Å². The molecule has 0 spiro atoms. The minimum atomic E-state index is -0.839. The van der Waals surface area contributed by atoms with Crippen LogP contribution in [0.25, 0.3) is 5.65 Å². The molecule has 0 saturated heterocycles. The fourth-order valence-electron chi connectivity index (χ4n) is 2.85. The first kappa shape index (κ1) is 18.0. The monoisotopic (exact) mass is 388 g/mol. The molecule has 28 heavy (non-hydrogen) atoms. The number of carbonyl (C=O) groups is 1. The standard InChI is InChI=1S/C18H18F2N6O2/c1-21-15-7-14(24-13-6-9(19)5-12(20)16(13)28-2)25-17-11(8-22-26(15)17)18(27)23-10-3-4-10/h5-8,10,21H,3-4H2,1-2H3,(H,23,27)(H,24,25). The van der Waals surface area contributed by atoms with Crippen LogP contribution in [0.15, 0.2) is 24.4 Å². The van der Waals surface area contributed by atoms with Crippen LogP contribution in [0, 0.1) is 11.6 Å². The first-order chi connectivity index (χ1) is 13.5. The number of fused-ring (bicyclic) bond motifs is 1. The summed E-state index contributed by atoms with van der Waals surface area (Å²) in [5, 5.41) is 12.9. The number of hydrogen-bond acceptors (Lipinski definition) is 6. The number of carbonyl (C=O) groups excluding carboxylic acids is 1. The Labute approximate surface area is 158 Å². The summed E-state index contributed by atoms with van der Waals surface area (Å²) in [7, 11) is 2.97. The topological polar surface area (TPSA) is 92.6 Å². The van der Waals surface area contributed by atoms with Crippen molar-refractivity contribution in [1.82, 2.24) is 19.9 Å². The third kappa shape index (κ3) is 3.28. The van der Waals surface area contributed by atoms with Gasteiger partial charge in [0.2, 0.25) is 0 Å². The van der Waals surface area contributed by atoms with Crippen LogP contribution >= 0.6 is 0 Å². The fraction of sp³-hybridized carbons (Fsp3) is 0.278. The Hall–Kier alpha value is -3.43. The number of benzene rings is 1. The molecule has 0 radical (unpaired) electrons. The molecule has 10 heteroatoms. The van der Waals surface area contributed by atoms with Crippen LogP contribution in [0.1, 0.15) is 23.2 Å². The number of halogens is 2. The van der Waals surface area contributed by atoms with Crippen LogP contribution in [0.5, 0.6) is 5.75 Å². The number of hydrogen-bond donors (Lipinski definition) is 3. The maximum Gasteiger partial charge on any atom is 0.256 e. The van der Waals surface area contributed by atoms with E-state index in [1.54, 1.807) is 13.1 Å². The molecule has 0 atom stereocenters. The van der Waals surface area contributed by atoms with Gasteiger partial charge in [0.1, 0.15) is 23.0 Å². The predicted octanol–water partition coefficient (Wildman–Crippen LogP) is 2.69. The lowest BCUT2D eigenvalue weighted by Gasteiger charge is -2.13. The van der Waals surface area contributed by atoms with Crippen molar-refractivity contribution in [1.29, 1.82) is 0 Å². The van der Waals surface area contributed by atoms with E-state index in [4.69, 9.17) is 4.74 Å². The van der Waals surface area contributed by atoms with E-state index >= 15 is 0 Å². The maximum absolute atomic E-state index is 14.0. The Kier molecular flexibility index (Phi) is 4.46. The summed E-state index contributed by atoms with van der Waals surface area (Å²) in [5.74, 6) is -1.21. The second-order valence-electron chi connectivity index (χ2n) is 6.41. The van der Waals surface area contributed by atoms with Gasteiger partial charge in [-0.15, -0.1) is 0 Å². The molecule has 1 aliphatic rings. The smallest absolute Gasteiger partial charge is 0.256 e. The number of ether oxygens (including phenoxy) is 1. The van der Waals surface area contributed by atoms with Crippen LogP contribution in [-0.4, -0.2) is 40.7 Å². The zero-order valence-electron chi connectivity index (χ0n) is 15.2. The van der Waals surface area contributed by atoms with Crippen molar-refractivity contribution in [3.05, 3.63) is 41.6 Å². The highest BCUT2D eigenvalue weighted by atomic mass is 19.1. The second kappa shape index (κ2) is 6.95. The van der Waals surface area contributed by atoms with Crippen molar-refractivity contribution in [2.24, 2.45) is 0 Å². The number of rotatable bonds is 6. The molecule has 0 bridgehead atoms. The van der Waals surface area contributed by atoms with Crippen molar-refractivity contribution in [2.75, 3.05) is 24.8 Å². The Bertz CT molecular complexity index is 1060. The van der Waals surface area contributed by atoms with Gasteiger partial charge in [0.15, 0.2) is 17.2 Å². The lowest BCUT2D eigenvalue weighted by molar-refractivity contribution is 0.0952. The summed E-state index contributed by atoms with van der Waals surface area (Å²) in [4.78, 5) is 16.9. The first-order valence-electron chi connectivity index (χ1n) is 8.67. The molecule has 2 heterocycles. The number of nitrogens with one attached hydrogen (secondary N) is 3. The van der Waals surface area contributed by atoms with Crippen molar-refractivity contribution in [3.8, 4) is 5.75 Å². The molecular formula is C18H18F2N6O2. The van der Waals surface area contributed by atoms with Gasteiger partial charge in [0.25, 0.3) is 5.91 Å². The first-order valence-corrected chi connectivity index (χ1v) is 8.67. The Morgan fingerprint density at radius 1 is 1.29 bits per heavy atom. The van der Waals surface area contributed by atoms with E-state index in [1.807, 2.05) is 0 Å². The number of anilines is 3. The van der Waals surface area contributed by atoms with Gasteiger partial charge in [-0.1, -0.05) is 0 Å². The second-order valence-corrected chi connectivity index (χ2v) is 6.41.